The summed E-state index contributed by atoms with van der Waals surface area (Å²) in [5.74, 6) is -2.26. The van der Waals surface area contributed by atoms with Crippen molar-refractivity contribution in [1.82, 2.24) is 0 Å². The summed E-state index contributed by atoms with van der Waals surface area (Å²) in [6.45, 7) is 0. The molecule has 9 nitrogen and oxygen atoms in total. The van der Waals surface area contributed by atoms with Crippen molar-refractivity contribution in [2.75, 3.05) is 12.0 Å². The van der Waals surface area contributed by atoms with E-state index in [0.717, 1.165) is 4.90 Å². The molecule has 0 spiro atoms. The van der Waals surface area contributed by atoms with Gasteiger partial charge >= 0.3 is 0 Å². The Morgan fingerprint density at radius 1 is 1.00 bits per heavy atom. The Morgan fingerprint density at radius 3 is 2.24 bits per heavy atom. The van der Waals surface area contributed by atoms with Gasteiger partial charge in [-0.2, -0.15) is 0 Å². The smallest absolute Gasteiger partial charge is 0.300 e. The van der Waals surface area contributed by atoms with E-state index in [-0.39, 0.29) is 33.4 Å². The molecule has 0 saturated carbocycles. The molecule has 174 valence electrons. The average molecular weight is 480 g/mol. The number of methoxy groups -OCH3 is 1. The number of nitrogens with two attached hydrogens (primary N) is 1. The second-order valence-corrected chi connectivity index (χ2v) is 9.07. The van der Waals surface area contributed by atoms with E-state index in [1.54, 1.807) is 30.3 Å². The van der Waals surface area contributed by atoms with Crippen molar-refractivity contribution < 1.29 is 33.0 Å². The Balaban J connectivity index is 1.95. The fraction of sp³-hybridized carbons (Fsp3) is 0.0833. The van der Waals surface area contributed by atoms with E-state index in [1.807, 2.05) is 0 Å². The van der Waals surface area contributed by atoms with Crippen LogP contribution in [-0.4, -0.2) is 37.4 Å². The second kappa shape index (κ2) is 8.65. The van der Waals surface area contributed by atoms with Gasteiger partial charge in [0.25, 0.3) is 11.7 Å². The van der Waals surface area contributed by atoms with E-state index in [9.17, 15) is 28.2 Å². The Bertz CT molecular complexity index is 1420. The molecule has 10 heteroatoms. The molecule has 1 aliphatic rings. The number of anilines is 1. The van der Waals surface area contributed by atoms with Crippen molar-refractivity contribution in [2.45, 2.75) is 10.9 Å². The summed E-state index contributed by atoms with van der Waals surface area (Å²) in [6, 6.07) is 16.6. The highest BCUT2D eigenvalue weighted by Gasteiger charge is 2.47. The van der Waals surface area contributed by atoms with Gasteiger partial charge in [0.1, 0.15) is 5.76 Å². The lowest BCUT2D eigenvalue weighted by atomic mass is 9.95. The van der Waals surface area contributed by atoms with E-state index < -0.39 is 27.8 Å². The van der Waals surface area contributed by atoms with Crippen LogP contribution in [0.2, 0.25) is 0 Å². The van der Waals surface area contributed by atoms with Crippen molar-refractivity contribution >= 4 is 33.2 Å². The SMILES string of the molecule is COc1cc([C@@H]2/C(=C(\O)c3ccccc3)C(=O)C(=O)N2c2ccc(S(N)(=O)=O)cc2)ccc1O. The third-order valence-corrected chi connectivity index (χ3v) is 6.38. The minimum atomic E-state index is -3.97. The lowest BCUT2D eigenvalue weighted by Crippen LogP contribution is -2.29. The van der Waals surface area contributed by atoms with Crippen molar-refractivity contribution in [2.24, 2.45) is 5.14 Å². The second-order valence-electron chi connectivity index (χ2n) is 7.51. The third-order valence-electron chi connectivity index (χ3n) is 5.45. The number of rotatable bonds is 5. The van der Waals surface area contributed by atoms with Crippen LogP contribution in [0.1, 0.15) is 17.2 Å². The summed E-state index contributed by atoms with van der Waals surface area (Å²) in [7, 11) is -2.62. The summed E-state index contributed by atoms with van der Waals surface area (Å²) in [5, 5.41) is 26.2. The summed E-state index contributed by atoms with van der Waals surface area (Å²) < 4.78 is 28.4. The van der Waals surface area contributed by atoms with Crippen LogP contribution in [0.15, 0.2) is 83.3 Å². The number of Topliss-reactive ketones (excluding diaryl/α,β-unsaturated/α-hetero) is 1. The number of aliphatic hydroxyl groups is 1. The number of sulfonamides is 1. The zero-order valence-corrected chi connectivity index (χ0v) is 18.7. The highest BCUT2D eigenvalue weighted by Crippen LogP contribution is 2.44. The largest absolute Gasteiger partial charge is 0.507 e. The molecule has 0 unspecified atom stereocenters. The van der Waals surface area contributed by atoms with Gasteiger partial charge in [0.2, 0.25) is 10.0 Å². The molecule has 3 aromatic carbocycles. The quantitative estimate of drug-likeness (QED) is 0.289. The average Bonchev–Trinajstić information content (AvgIpc) is 3.09. The molecule has 1 heterocycles. The topological polar surface area (TPSA) is 147 Å². The molecule has 3 aromatic rings. The standard InChI is InChI=1S/C24H20N2O7S/c1-33-19-13-15(7-12-18(19)27)21-20(22(28)14-5-3-2-4-6-14)23(29)24(30)26(21)16-8-10-17(11-9-16)34(25,31)32/h2-13,21,27-28H,1H3,(H2,25,31,32)/b22-20+/t21-/m1/s1. The van der Waals surface area contributed by atoms with Crippen LogP contribution in [0.4, 0.5) is 5.69 Å². The van der Waals surface area contributed by atoms with Gasteiger partial charge in [0, 0.05) is 11.3 Å². The molecule has 0 radical (unpaired) electrons. The molecule has 4 N–H and O–H groups in total. The Kier molecular flexibility index (Phi) is 5.86. The van der Waals surface area contributed by atoms with Gasteiger partial charge in [-0.1, -0.05) is 36.4 Å². The van der Waals surface area contributed by atoms with Crippen LogP contribution >= 0.6 is 0 Å². The molecule has 4 rings (SSSR count). The minimum absolute atomic E-state index is 0.104. The van der Waals surface area contributed by atoms with Crippen molar-refractivity contribution in [3.8, 4) is 11.5 Å². The van der Waals surface area contributed by atoms with Gasteiger partial charge in [0.15, 0.2) is 11.5 Å². The molecule has 1 atom stereocenters. The number of hydrogen-bond donors (Lipinski definition) is 3. The number of benzene rings is 3. The summed E-state index contributed by atoms with van der Waals surface area (Å²) >= 11 is 0. The number of aliphatic hydroxyl groups excluding tert-OH is 1. The first-order chi connectivity index (χ1) is 16.1. The maximum Gasteiger partial charge on any atom is 0.300 e. The lowest BCUT2D eigenvalue weighted by molar-refractivity contribution is -0.132. The molecule has 0 aromatic heterocycles. The number of hydrogen-bond acceptors (Lipinski definition) is 7. The molecule has 0 bridgehead atoms. The Morgan fingerprint density at radius 2 is 1.65 bits per heavy atom. The van der Waals surface area contributed by atoms with E-state index in [0.29, 0.717) is 11.1 Å². The minimum Gasteiger partial charge on any atom is -0.507 e. The number of ketones is 1. The van der Waals surface area contributed by atoms with Crippen LogP contribution < -0.4 is 14.8 Å². The van der Waals surface area contributed by atoms with Crippen LogP contribution in [0.25, 0.3) is 5.76 Å². The lowest BCUT2D eigenvalue weighted by Gasteiger charge is -2.26. The number of carbonyl (C=O) groups is 2. The first-order valence-corrected chi connectivity index (χ1v) is 11.5. The summed E-state index contributed by atoms with van der Waals surface area (Å²) in [4.78, 5) is 27.3. The number of phenols is 1. The maximum absolute atomic E-state index is 13.1. The molecule has 1 fully saturated rings. The molecule has 1 amide bonds. The number of nitrogens with zero attached hydrogens (tertiary/aromatic N) is 1. The van der Waals surface area contributed by atoms with E-state index in [2.05, 4.69) is 0 Å². The monoisotopic (exact) mass is 480 g/mol. The first-order valence-electron chi connectivity index (χ1n) is 9.99. The van der Waals surface area contributed by atoms with Crippen LogP contribution in [0, 0.1) is 0 Å². The zero-order valence-electron chi connectivity index (χ0n) is 17.9. The normalized spacial score (nSPS) is 17.7. The Labute approximate surface area is 195 Å². The molecule has 1 saturated heterocycles. The molecule has 1 aliphatic heterocycles. The van der Waals surface area contributed by atoms with E-state index >= 15 is 0 Å². The van der Waals surface area contributed by atoms with Crippen molar-refractivity contribution in [1.29, 1.82) is 0 Å². The third kappa shape index (κ3) is 4.00. The first kappa shape index (κ1) is 23.0. The predicted molar refractivity (Wildman–Crippen MR) is 124 cm³/mol. The van der Waals surface area contributed by atoms with Gasteiger partial charge in [-0.25, -0.2) is 13.6 Å². The van der Waals surface area contributed by atoms with Crippen molar-refractivity contribution in [3.63, 3.8) is 0 Å². The number of aromatic hydroxyl groups is 1. The van der Waals surface area contributed by atoms with Gasteiger partial charge in [-0.05, 0) is 42.0 Å². The van der Waals surface area contributed by atoms with Gasteiger partial charge in [-0.15, -0.1) is 0 Å². The van der Waals surface area contributed by atoms with Crippen LogP contribution in [-0.2, 0) is 19.6 Å². The van der Waals surface area contributed by atoms with E-state index in [4.69, 9.17) is 9.88 Å². The van der Waals surface area contributed by atoms with Gasteiger partial charge in [0.05, 0.1) is 23.6 Å². The summed E-state index contributed by atoms with van der Waals surface area (Å²) in [5.41, 5.74) is 0.751. The number of carbonyl (C=O) groups excluding carboxylic acids is 2. The number of phenolic OH excluding ortho intramolecular Hbond substituents is 1. The number of primary sulfonamides is 1. The fourth-order valence-electron chi connectivity index (χ4n) is 3.83. The number of ether oxygens (including phenoxy) is 1. The van der Waals surface area contributed by atoms with Crippen molar-refractivity contribution in [3.05, 3.63) is 89.5 Å². The molecule has 34 heavy (non-hydrogen) atoms. The molecule has 0 aliphatic carbocycles. The highest BCUT2D eigenvalue weighted by atomic mass is 32.2. The molecular formula is C24H20N2O7S. The van der Waals surface area contributed by atoms with Crippen LogP contribution in [0.5, 0.6) is 11.5 Å². The van der Waals surface area contributed by atoms with Gasteiger partial charge in [-0.3, -0.25) is 14.5 Å². The van der Waals surface area contributed by atoms with Gasteiger partial charge < -0.3 is 14.9 Å². The Hall–Kier alpha value is -4.15. The number of amides is 1. The highest BCUT2D eigenvalue weighted by molar-refractivity contribution is 7.89. The van der Waals surface area contributed by atoms with Crippen LogP contribution in [0.3, 0.4) is 0 Å². The maximum atomic E-state index is 13.1. The zero-order chi connectivity index (χ0) is 24.6. The fourth-order valence-corrected chi connectivity index (χ4v) is 4.34. The molecular weight excluding hydrogens is 460 g/mol. The van der Waals surface area contributed by atoms with E-state index in [1.165, 1.54) is 49.6 Å². The predicted octanol–water partition coefficient (Wildman–Crippen LogP) is 2.67. The summed E-state index contributed by atoms with van der Waals surface area (Å²) in [6.07, 6.45) is 0.